The molecule has 7 heteroatoms. The number of amides is 1. The molecule has 0 aromatic heterocycles. The Balaban J connectivity index is 0.00000240. The smallest absolute Gasteiger partial charge is 0.236 e. The van der Waals surface area contributed by atoms with E-state index in [-0.39, 0.29) is 24.0 Å². The number of hydrogen-bond donors (Lipinski definition) is 1. The van der Waals surface area contributed by atoms with Gasteiger partial charge in [-0.2, -0.15) is 0 Å². The number of benzene rings is 1. The monoisotopic (exact) mass is 511 g/mol. The van der Waals surface area contributed by atoms with E-state index in [1.54, 1.807) is 0 Å². The molecule has 2 unspecified atom stereocenters. The number of hydrogen-bond acceptors (Lipinski definition) is 3. The van der Waals surface area contributed by atoms with Crippen LogP contribution in [-0.4, -0.2) is 86.0 Å². The zero-order valence-corrected chi connectivity index (χ0v) is 19.8. The van der Waals surface area contributed by atoms with Crippen LogP contribution in [0.1, 0.15) is 30.7 Å². The highest BCUT2D eigenvalue weighted by Crippen LogP contribution is 2.46. The number of nitrogens with zero attached hydrogens (tertiary/aromatic N) is 4. The number of likely N-dealkylation sites (tertiary alicyclic amines) is 1. The normalized spacial score (nSPS) is 24.9. The standard InChI is InChI=1S/C22H33N5O.HI/c1-23-22(24-16-19-15-20(19)18-7-3-2-4-8-18)27-13-11-25(12-14-27)17-21(28)26-9-5-6-10-26;/h2-4,7-8,19-20H,5-6,9-17H2,1H3,(H,23,24);1H. The molecule has 29 heavy (non-hydrogen) atoms. The summed E-state index contributed by atoms with van der Waals surface area (Å²) in [7, 11) is 1.87. The minimum absolute atomic E-state index is 0. The highest BCUT2D eigenvalue weighted by Gasteiger charge is 2.38. The van der Waals surface area contributed by atoms with E-state index < -0.39 is 0 Å². The van der Waals surface area contributed by atoms with Gasteiger partial charge in [-0.15, -0.1) is 24.0 Å². The molecule has 4 rings (SSSR count). The van der Waals surface area contributed by atoms with Crippen LogP contribution in [-0.2, 0) is 4.79 Å². The van der Waals surface area contributed by atoms with Crippen LogP contribution in [0.4, 0.5) is 0 Å². The fourth-order valence-electron chi connectivity index (χ4n) is 4.51. The van der Waals surface area contributed by atoms with E-state index in [1.807, 2.05) is 11.9 Å². The number of guanidine groups is 1. The molecule has 2 aliphatic heterocycles. The Morgan fingerprint density at radius 3 is 2.38 bits per heavy atom. The van der Waals surface area contributed by atoms with Crippen LogP contribution in [0.3, 0.4) is 0 Å². The van der Waals surface area contributed by atoms with Crippen LogP contribution in [0.15, 0.2) is 35.3 Å². The molecule has 1 amide bonds. The topological polar surface area (TPSA) is 51.2 Å². The number of carbonyl (C=O) groups excluding carboxylic acids is 1. The molecule has 0 radical (unpaired) electrons. The second-order valence-electron chi connectivity index (χ2n) is 8.29. The van der Waals surface area contributed by atoms with Crippen LogP contribution in [0, 0.1) is 5.92 Å². The van der Waals surface area contributed by atoms with Crippen LogP contribution >= 0.6 is 24.0 Å². The quantitative estimate of drug-likeness (QED) is 0.375. The zero-order chi connectivity index (χ0) is 19.3. The van der Waals surface area contributed by atoms with Crippen molar-refractivity contribution in [1.82, 2.24) is 20.0 Å². The number of carbonyl (C=O) groups is 1. The average Bonchev–Trinajstić information content (AvgIpc) is 3.29. The fraction of sp³-hybridized carbons (Fsp3) is 0.636. The summed E-state index contributed by atoms with van der Waals surface area (Å²) in [6.45, 7) is 7.16. The highest BCUT2D eigenvalue weighted by atomic mass is 127. The molecule has 0 spiro atoms. The number of aliphatic imine (C=N–C) groups is 1. The number of halogens is 1. The first-order valence-electron chi connectivity index (χ1n) is 10.8. The van der Waals surface area contributed by atoms with Gasteiger partial charge >= 0.3 is 0 Å². The lowest BCUT2D eigenvalue weighted by Gasteiger charge is -2.36. The van der Waals surface area contributed by atoms with Crippen LogP contribution < -0.4 is 5.32 Å². The Labute approximate surface area is 191 Å². The van der Waals surface area contributed by atoms with Gasteiger partial charge in [-0.05, 0) is 36.7 Å². The van der Waals surface area contributed by atoms with Crippen molar-refractivity contribution in [3.63, 3.8) is 0 Å². The Bertz CT molecular complexity index is 684. The number of piperazine rings is 1. The third-order valence-electron chi connectivity index (χ3n) is 6.37. The maximum atomic E-state index is 12.4. The summed E-state index contributed by atoms with van der Waals surface area (Å²) in [4.78, 5) is 23.5. The van der Waals surface area contributed by atoms with Gasteiger partial charge in [0, 0.05) is 52.9 Å². The molecule has 6 nitrogen and oxygen atoms in total. The lowest BCUT2D eigenvalue weighted by molar-refractivity contribution is -0.131. The molecule has 0 bridgehead atoms. The van der Waals surface area contributed by atoms with Crippen molar-refractivity contribution in [3.8, 4) is 0 Å². The minimum Gasteiger partial charge on any atom is -0.356 e. The summed E-state index contributed by atoms with van der Waals surface area (Å²) in [5, 5.41) is 3.58. The van der Waals surface area contributed by atoms with Crippen LogP contribution in [0.25, 0.3) is 0 Å². The van der Waals surface area contributed by atoms with E-state index >= 15 is 0 Å². The SMILES string of the molecule is CN=C(NCC1CC1c1ccccc1)N1CCN(CC(=O)N2CCCC2)CC1.I. The van der Waals surface area contributed by atoms with E-state index in [1.165, 1.54) is 12.0 Å². The summed E-state index contributed by atoms with van der Waals surface area (Å²) < 4.78 is 0. The van der Waals surface area contributed by atoms with Crippen molar-refractivity contribution in [3.05, 3.63) is 35.9 Å². The average molecular weight is 511 g/mol. The van der Waals surface area contributed by atoms with Gasteiger partial charge < -0.3 is 15.1 Å². The molecule has 2 heterocycles. The molecule has 1 aliphatic carbocycles. The lowest BCUT2D eigenvalue weighted by atomic mass is 10.1. The highest BCUT2D eigenvalue weighted by molar-refractivity contribution is 14.0. The van der Waals surface area contributed by atoms with Gasteiger partial charge in [0.2, 0.25) is 5.91 Å². The van der Waals surface area contributed by atoms with E-state index in [4.69, 9.17) is 0 Å². The van der Waals surface area contributed by atoms with E-state index in [9.17, 15) is 4.79 Å². The number of rotatable bonds is 5. The summed E-state index contributed by atoms with van der Waals surface area (Å²) in [5.41, 5.74) is 1.46. The van der Waals surface area contributed by atoms with Gasteiger partial charge in [-0.1, -0.05) is 30.3 Å². The second-order valence-corrected chi connectivity index (χ2v) is 8.29. The van der Waals surface area contributed by atoms with Gasteiger partial charge in [-0.25, -0.2) is 0 Å². The Morgan fingerprint density at radius 1 is 1.03 bits per heavy atom. The van der Waals surface area contributed by atoms with Gasteiger partial charge in [0.15, 0.2) is 5.96 Å². The predicted molar refractivity (Wildman–Crippen MR) is 128 cm³/mol. The molecule has 3 aliphatic rings. The molecule has 1 aromatic carbocycles. The van der Waals surface area contributed by atoms with Crippen molar-refractivity contribution in [1.29, 1.82) is 0 Å². The minimum atomic E-state index is 0. The third-order valence-corrected chi connectivity index (χ3v) is 6.37. The second kappa shape index (κ2) is 10.6. The summed E-state index contributed by atoms with van der Waals surface area (Å²) in [6.07, 6.45) is 3.58. The Hall–Kier alpha value is -1.35. The van der Waals surface area contributed by atoms with Crippen molar-refractivity contribution < 1.29 is 4.79 Å². The van der Waals surface area contributed by atoms with Crippen LogP contribution in [0.2, 0.25) is 0 Å². The molecule has 2 atom stereocenters. The van der Waals surface area contributed by atoms with E-state index in [0.717, 1.165) is 64.6 Å². The third kappa shape index (κ3) is 5.84. The molecule has 1 N–H and O–H groups in total. The largest absolute Gasteiger partial charge is 0.356 e. The molecule has 160 valence electrons. The Kier molecular flexibility index (Phi) is 8.17. The Morgan fingerprint density at radius 2 is 1.72 bits per heavy atom. The van der Waals surface area contributed by atoms with Crippen molar-refractivity contribution in [2.45, 2.75) is 25.2 Å². The molecule has 1 aromatic rings. The van der Waals surface area contributed by atoms with Gasteiger partial charge in [0.05, 0.1) is 6.54 Å². The van der Waals surface area contributed by atoms with Crippen molar-refractivity contribution in [2.24, 2.45) is 10.9 Å². The lowest BCUT2D eigenvalue weighted by Crippen LogP contribution is -2.54. The van der Waals surface area contributed by atoms with Gasteiger partial charge in [0.25, 0.3) is 0 Å². The predicted octanol–water partition coefficient (Wildman–Crippen LogP) is 2.22. The first kappa shape index (κ1) is 22.3. The fourth-order valence-corrected chi connectivity index (χ4v) is 4.51. The van der Waals surface area contributed by atoms with Gasteiger partial charge in [0.1, 0.15) is 0 Å². The summed E-state index contributed by atoms with van der Waals surface area (Å²) in [5.74, 6) is 2.71. The van der Waals surface area contributed by atoms with Gasteiger partial charge in [-0.3, -0.25) is 14.7 Å². The van der Waals surface area contributed by atoms with Crippen molar-refractivity contribution >= 4 is 35.8 Å². The van der Waals surface area contributed by atoms with Crippen LogP contribution in [0.5, 0.6) is 0 Å². The first-order valence-corrected chi connectivity index (χ1v) is 10.8. The summed E-state index contributed by atoms with van der Waals surface area (Å²) >= 11 is 0. The van der Waals surface area contributed by atoms with Crippen molar-refractivity contribution in [2.75, 3.05) is 59.4 Å². The maximum Gasteiger partial charge on any atom is 0.236 e. The molecular formula is C22H34IN5O. The molecule has 2 saturated heterocycles. The summed E-state index contributed by atoms with van der Waals surface area (Å²) in [6, 6.07) is 10.8. The number of nitrogens with one attached hydrogen (secondary N) is 1. The first-order chi connectivity index (χ1) is 13.7. The molecular weight excluding hydrogens is 477 g/mol. The van der Waals surface area contributed by atoms with E-state index in [0.29, 0.717) is 24.3 Å². The molecule has 3 fully saturated rings. The molecule has 1 saturated carbocycles. The zero-order valence-electron chi connectivity index (χ0n) is 17.4. The maximum absolute atomic E-state index is 12.4. The van der Waals surface area contributed by atoms with E-state index in [2.05, 4.69) is 50.4 Å².